The van der Waals surface area contributed by atoms with E-state index < -0.39 is 43.0 Å². The predicted molar refractivity (Wildman–Crippen MR) is 113 cm³/mol. The number of allylic oxidation sites excluding steroid dienone is 2. The molecule has 0 fully saturated rings. The van der Waals surface area contributed by atoms with Gasteiger partial charge in [0.2, 0.25) is 0 Å². The number of aliphatic hydroxyl groups is 2. The van der Waals surface area contributed by atoms with Gasteiger partial charge in [0.15, 0.2) is 0 Å². The first kappa shape index (κ1) is 34.6. The maximum atomic E-state index is 12.6. The van der Waals surface area contributed by atoms with Gasteiger partial charge < -0.3 is 39.5 Å². The molecule has 0 aromatic carbocycles. The molecule has 0 aromatic heterocycles. The summed E-state index contributed by atoms with van der Waals surface area (Å²) in [5, 5.41) is 41.7. The zero-order chi connectivity index (χ0) is 24.7. The summed E-state index contributed by atoms with van der Waals surface area (Å²) in [6.07, 6.45) is 1.48. The molecule has 0 saturated carbocycles. The molecule has 0 unspecified atom stereocenters. The molecular formula is C24H34Na2O9. The molecule has 0 radical (unpaired) electrons. The number of aliphatic hydroxyl groups excluding tert-OH is 2. The van der Waals surface area contributed by atoms with Crippen molar-refractivity contribution >= 4 is 18.1 Å². The number of carboxylic acid groups (broad SMARTS) is 2. The van der Waals surface area contributed by atoms with Crippen LogP contribution in [0.25, 0.3) is 0 Å². The molecular weight excluding hydrogens is 478 g/mol. The van der Waals surface area contributed by atoms with E-state index in [9.17, 15) is 34.8 Å². The van der Waals surface area contributed by atoms with Gasteiger partial charge in [0, 0.05) is 24.7 Å². The van der Waals surface area contributed by atoms with Crippen LogP contribution in [0.5, 0.6) is 0 Å². The van der Waals surface area contributed by atoms with Gasteiger partial charge >= 0.3 is 65.1 Å². The van der Waals surface area contributed by atoms with Gasteiger partial charge in [0.1, 0.15) is 6.10 Å². The summed E-state index contributed by atoms with van der Waals surface area (Å²) in [6.45, 7) is 5.67. The number of carbonyl (C=O) groups is 3. The van der Waals surface area contributed by atoms with E-state index in [4.69, 9.17) is 9.47 Å². The fourth-order valence-corrected chi connectivity index (χ4v) is 4.70. The second kappa shape index (κ2) is 16.5. The second-order valence-corrected chi connectivity index (χ2v) is 9.20. The fraction of sp³-hybridized carbons (Fsp3) is 0.708. The third-order valence-corrected chi connectivity index (χ3v) is 6.67. The van der Waals surface area contributed by atoms with Gasteiger partial charge in [0.25, 0.3) is 6.16 Å². The molecule has 9 nitrogen and oxygen atoms in total. The quantitative estimate of drug-likeness (QED) is 0.204. The molecule has 0 spiro atoms. The summed E-state index contributed by atoms with van der Waals surface area (Å²) >= 11 is 0. The molecule has 2 rings (SSSR count). The number of carbonyl (C=O) groups excluding carboxylic acids is 3. The third kappa shape index (κ3) is 10.9. The predicted octanol–water partition coefficient (Wildman–Crippen LogP) is -5.52. The van der Waals surface area contributed by atoms with E-state index >= 15 is 0 Å². The summed E-state index contributed by atoms with van der Waals surface area (Å²) in [5.74, 6) is -2.18. The molecule has 0 aliphatic heterocycles. The van der Waals surface area contributed by atoms with Gasteiger partial charge in [-0.3, -0.25) is 4.79 Å². The largest absolute Gasteiger partial charge is 1.00 e. The van der Waals surface area contributed by atoms with E-state index in [1.165, 1.54) is 0 Å². The van der Waals surface area contributed by atoms with Crippen LogP contribution in [0.3, 0.4) is 0 Å². The van der Waals surface area contributed by atoms with Crippen molar-refractivity contribution in [1.29, 1.82) is 0 Å². The zero-order valence-electron chi connectivity index (χ0n) is 21.3. The van der Waals surface area contributed by atoms with Crippen molar-refractivity contribution in [2.75, 3.05) is 0 Å². The van der Waals surface area contributed by atoms with Crippen LogP contribution in [-0.4, -0.2) is 52.7 Å². The van der Waals surface area contributed by atoms with Gasteiger partial charge in [-0.1, -0.05) is 39.0 Å². The van der Waals surface area contributed by atoms with Crippen LogP contribution in [0.2, 0.25) is 0 Å². The van der Waals surface area contributed by atoms with Crippen LogP contribution >= 0.6 is 0 Å². The van der Waals surface area contributed by atoms with Crippen molar-refractivity contribution in [1.82, 2.24) is 0 Å². The standard InChI is InChI=1S/C24H36O9.2Na/c1-4-13(2)23(29)33-20-12-18(32-24(30)31)9-15-6-5-14(3)19(22(15)20)8-7-16(25)10-17(26)11-21(27)28;;/h5-6,9,13-14,16-20,22,25-26H,4,7-8,10-12H2,1-3H3,(H,27,28)(H,30,31);;/q;2*+1/p-2/t13-,14-,16+,17+,18+,19-,20-,22-;;/m0../s1. The van der Waals surface area contributed by atoms with Crippen molar-refractivity contribution in [2.45, 2.75) is 83.7 Å². The summed E-state index contributed by atoms with van der Waals surface area (Å²) in [5.41, 5.74) is 0.809. The van der Waals surface area contributed by atoms with E-state index in [0.717, 1.165) is 5.57 Å². The van der Waals surface area contributed by atoms with Crippen LogP contribution in [0.15, 0.2) is 23.8 Å². The first-order valence-electron chi connectivity index (χ1n) is 11.6. The number of ether oxygens (including phenoxy) is 2. The van der Waals surface area contributed by atoms with Crippen molar-refractivity contribution in [3.05, 3.63) is 23.8 Å². The topological polar surface area (TPSA) is 156 Å². The van der Waals surface area contributed by atoms with Crippen LogP contribution in [0.4, 0.5) is 4.79 Å². The first-order chi connectivity index (χ1) is 15.5. The van der Waals surface area contributed by atoms with Crippen LogP contribution < -0.4 is 69.3 Å². The summed E-state index contributed by atoms with van der Waals surface area (Å²) < 4.78 is 10.7. The Morgan fingerprint density at radius 1 is 1.14 bits per heavy atom. The van der Waals surface area contributed by atoms with E-state index in [-0.39, 0.29) is 102 Å². The van der Waals surface area contributed by atoms with Crippen molar-refractivity contribution < 1.29 is 103 Å². The van der Waals surface area contributed by atoms with Crippen LogP contribution in [-0.2, 0) is 19.1 Å². The number of fused-ring (bicyclic) bond motifs is 1. The average Bonchev–Trinajstić information content (AvgIpc) is 2.71. The minimum absolute atomic E-state index is 0. The van der Waals surface area contributed by atoms with Gasteiger partial charge in [-0.15, -0.1) is 0 Å². The SMILES string of the molecule is CC[C@H](C)C(=O)O[C@H]1C[C@H](OC(=O)[O-])C=C2C=C[C@H](C)[C@H](CC[C@@H](O)C[C@@H](O)CC(=O)[O-])[C@H]21.[Na+].[Na+]. The summed E-state index contributed by atoms with van der Waals surface area (Å²) in [7, 11) is 0. The van der Waals surface area contributed by atoms with Crippen molar-refractivity contribution in [2.24, 2.45) is 23.7 Å². The molecule has 0 aromatic rings. The summed E-state index contributed by atoms with van der Waals surface area (Å²) in [4.78, 5) is 34.2. The molecule has 2 aliphatic rings. The third-order valence-electron chi connectivity index (χ3n) is 6.67. The Balaban J connectivity index is 0.00000578. The first-order valence-corrected chi connectivity index (χ1v) is 11.6. The average molecular weight is 513 g/mol. The van der Waals surface area contributed by atoms with Gasteiger partial charge in [-0.25, -0.2) is 0 Å². The van der Waals surface area contributed by atoms with Gasteiger partial charge in [-0.05, 0) is 43.1 Å². The maximum Gasteiger partial charge on any atom is 1.00 e. The number of carboxylic acids is 1. The Morgan fingerprint density at radius 2 is 1.80 bits per heavy atom. The summed E-state index contributed by atoms with van der Waals surface area (Å²) in [6, 6.07) is 0. The smallest absolute Gasteiger partial charge is 0.550 e. The van der Waals surface area contributed by atoms with Crippen molar-refractivity contribution in [3.8, 4) is 0 Å². The molecule has 0 bridgehead atoms. The molecule has 186 valence electrons. The minimum atomic E-state index is -1.65. The number of esters is 1. The second-order valence-electron chi connectivity index (χ2n) is 9.20. The van der Waals surface area contributed by atoms with E-state index in [1.54, 1.807) is 13.0 Å². The molecule has 2 aliphatic carbocycles. The number of hydrogen-bond acceptors (Lipinski definition) is 9. The van der Waals surface area contributed by atoms with E-state index in [2.05, 4.69) is 0 Å². The molecule has 8 atom stereocenters. The Bertz CT molecular complexity index is 770. The number of aliphatic carboxylic acids is 1. The molecule has 0 saturated heterocycles. The molecule has 35 heavy (non-hydrogen) atoms. The minimum Gasteiger partial charge on any atom is -0.550 e. The van der Waals surface area contributed by atoms with Gasteiger partial charge in [0.05, 0.1) is 24.2 Å². The van der Waals surface area contributed by atoms with Crippen LogP contribution in [0.1, 0.15) is 59.3 Å². The molecule has 0 heterocycles. The van der Waals surface area contributed by atoms with E-state index in [1.807, 2.05) is 26.0 Å². The maximum absolute atomic E-state index is 12.6. The molecule has 2 N–H and O–H groups in total. The Labute approximate surface area is 250 Å². The molecule has 11 heteroatoms. The monoisotopic (exact) mass is 512 g/mol. The Hall–Kier alpha value is -0.390. The van der Waals surface area contributed by atoms with Crippen LogP contribution in [0, 0.1) is 23.7 Å². The Morgan fingerprint density at radius 3 is 2.37 bits per heavy atom. The van der Waals surface area contributed by atoms with Gasteiger partial charge in [-0.2, -0.15) is 0 Å². The normalized spacial score (nSPS) is 27.6. The molecule has 0 amide bonds. The zero-order valence-corrected chi connectivity index (χ0v) is 25.3. The Kier molecular flexibility index (Phi) is 16.3. The number of hydrogen-bond donors (Lipinski definition) is 2. The van der Waals surface area contributed by atoms with E-state index in [0.29, 0.717) is 19.3 Å². The fourth-order valence-electron chi connectivity index (χ4n) is 4.70. The number of rotatable bonds is 11. The van der Waals surface area contributed by atoms with Crippen molar-refractivity contribution in [3.63, 3.8) is 0 Å².